The minimum absolute atomic E-state index is 0.128. The molecule has 1 amide bonds. The third kappa shape index (κ3) is 4.72. The number of ether oxygens (including phenoxy) is 1. The smallest absolute Gasteiger partial charge is 0.255 e. The van der Waals surface area contributed by atoms with E-state index in [1.54, 1.807) is 0 Å². The molecule has 2 aliphatic heterocycles. The van der Waals surface area contributed by atoms with E-state index >= 15 is 0 Å². The molecule has 0 aromatic carbocycles. The number of rotatable bonds is 4. The summed E-state index contributed by atoms with van der Waals surface area (Å²) >= 11 is 0. The fraction of sp³-hybridized carbons (Fsp3) is 0.647. The van der Waals surface area contributed by atoms with Gasteiger partial charge >= 0.3 is 0 Å². The van der Waals surface area contributed by atoms with Gasteiger partial charge in [-0.2, -0.15) is 0 Å². The van der Waals surface area contributed by atoms with Gasteiger partial charge in [0.2, 0.25) is 0 Å². The van der Waals surface area contributed by atoms with Gasteiger partial charge in [-0.1, -0.05) is 0 Å². The normalized spacial score (nSPS) is 20.8. The van der Waals surface area contributed by atoms with Crippen molar-refractivity contribution in [1.82, 2.24) is 19.7 Å². The van der Waals surface area contributed by atoms with Crippen molar-refractivity contribution >= 4 is 5.91 Å². The van der Waals surface area contributed by atoms with Crippen molar-refractivity contribution in [2.24, 2.45) is 0 Å². The van der Waals surface area contributed by atoms with Gasteiger partial charge in [0.15, 0.2) is 0 Å². The van der Waals surface area contributed by atoms with E-state index < -0.39 is 5.82 Å². The molecule has 0 saturated carbocycles. The molecular formula is C17H25FN4O2. The number of carbonyl (C=O) groups excluding carboxylic acids is 1. The summed E-state index contributed by atoms with van der Waals surface area (Å²) in [5.41, 5.74) is 0.330. The number of nitrogens with zero attached hydrogens (tertiary/aromatic N) is 4. The Morgan fingerprint density at radius 2 is 1.79 bits per heavy atom. The summed E-state index contributed by atoms with van der Waals surface area (Å²) in [5, 5.41) is 0. The van der Waals surface area contributed by atoms with Crippen LogP contribution in [0.5, 0.6) is 0 Å². The van der Waals surface area contributed by atoms with Crippen molar-refractivity contribution < 1.29 is 13.9 Å². The van der Waals surface area contributed by atoms with Crippen LogP contribution in [-0.4, -0.2) is 91.2 Å². The van der Waals surface area contributed by atoms with E-state index in [0.717, 1.165) is 65.1 Å². The highest BCUT2D eigenvalue weighted by atomic mass is 19.1. The Balaban J connectivity index is 1.48. The van der Waals surface area contributed by atoms with Crippen LogP contribution in [0.1, 0.15) is 16.8 Å². The summed E-state index contributed by atoms with van der Waals surface area (Å²) in [6, 6.07) is 1.26. The van der Waals surface area contributed by atoms with Crippen LogP contribution in [-0.2, 0) is 4.74 Å². The summed E-state index contributed by atoms with van der Waals surface area (Å²) in [7, 11) is 0. The molecule has 0 atom stereocenters. The number of pyridine rings is 1. The average molecular weight is 336 g/mol. The third-order valence-corrected chi connectivity index (χ3v) is 4.66. The highest BCUT2D eigenvalue weighted by Gasteiger charge is 2.21. The van der Waals surface area contributed by atoms with Crippen molar-refractivity contribution in [3.63, 3.8) is 0 Å². The molecule has 0 aliphatic carbocycles. The zero-order valence-electron chi connectivity index (χ0n) is 14.0. The Bertz CT molecular complexity index is 551. The first kappa shape index (κ1) is 17.3. The number of morpholine rings is 1. The molecule has 0 bridgehead atoms. The summed E-state index contributed by atoms with van der Waals surface area (Å²) < 4.78 is 18.6. The molecule has 3 heterocycles. The first-order valence-corrected chi connectivity index (χ1v) is 8.64. The fourth-order valence-electron chi connectivity index (χ4n) is 3.22. The topological polar surface area (TPSA) is 48.9 Å². The third-order valence-electron chi connectivity index (χ3n) is 4.66. The summed E-state index contributed by atoms with van der Waals surface area (Å²) in [6.07, 6.45) is 3.50. The van der Waals surface area contributed by atoms with Gasteiger partial charge < -0.3 is 14.5 Å². The molecule has 0 unspecified atom stereocenters. The number of halogens is 1. The molecule has 7 heteroatoms. The largest absolute Gasteiger partial charge is 0.379 e. The molecule has 6 nitrogen and oxygen atoms in total. The molecule has 2 aliphatic rings. The lowest BCUT2D eigenvalue weighted by molar-refractivity contribution is 0.0335. The van der Waals surface area contributed by atoms with Crippen LogP contribution >= 0.6 is 0 Å². The lowest BCUT2D eigenvalue weighted by Gasteiger charge is -2.29. The summed E-state index contributed by atoms with van der Waals surface area (Å²) in [4.78, 5) is 22.9. The highest BCUT2D eigenvalue weighted by Crippen LogP contribution is 2.10. The van der Waals surface area contributed by atoms with Crippen LogP contribution in [0.25, 0.3) is 0 Å². The van der Waals surface area contributed by atoms with Gasteiger partial charge in [0.25, 0.3) is 5.91 Å². The minimum atomic E-state index is -0.470. The lowest BCUT2D eigenvalue weighted by atomic mass is 10.2. The molecule has 24 heavy (non-hydrogen) atoms. The second-order valence-electron chi connectivity index (χ2n) is 6.33. The second-order valence-corrected chi connectivity index (χ2v) is 6.33. The van der Waals surface area contributed by atoms with Crippen molar-refractivity contribution in [3.8, 4) is 0 Å². The average Bonchev–Trinajstić information content (AvgIpc) is 2.86. The SMILES string of the molecule is O=C(c1cncc(F)c1)N1CCCN(CCN2CCOCC2)CC1. The molecule has 1 aromatic rings. The number of carbonyl (C=O) groups is 1. The Kier molecular flexibility index (Phi) is 6.12. The van der Waals surface area contributed by atoms with E-state index in [1.807, 2.05) is 4.90 Å². The van der Waals surface area contributed by atoms with E-state index in [1.165, 1.54) is 12.3 Å². The zero-order chi connectivity index (χ0) is 16.8. The summed E-state index contributed by atoms with van der Waals surface area (Å²) in [6.45, 7) is 8.97. The molecule has 0 radical (unpaired) electrons. The van der Waals surface area contributed by atoms with Crippen LogP contribution in [0.15, 0.2) is 18.5 Å². The van der Waals surface area contributed by atoms with Crippen LogP contribution in [0.2, 0.25) is 0 Å². The molecule has 2 saturated heterocycles. The van der Waals surface area contributed by atoms with Crippen LogP contribution < -0.4 is 0 Å². The predicted molar refractivity (Wildman–Crippen MR) is 88.4 cm³/mol. The monoisotopic (exact) mass is 336 g/mol. The Hall–Kier alpha value is -1.57. The molecule has 0 spiro atoms. The summed E-state index contributed by atoms with van der Waals surface area (Å²) in [5.74, 6) is -0.597. The van der Waals surface area contributed by atoms with Gasteiger partial charge in [0, 0.05) is 52.0 Å². The van der Waals surface area contributed by atoms with Gasteiger partial charge in [-0.15, -0.1) is 0 Å². The van der Waals surface area contributed by atoms with E-state index in [2.05, 4.69) is 14.8 Å². The lowest BCUT2D eigenvalue weighted by Crippen LogP contribution is -2.42. The minimum Gasteiger partial charge on any atom is -0.379 e. The number of aromatic nitrogens is 1. The molecule has 0 N–H and O–H groups in total. The number of hydrogen-bond acceptors (Lipinski definition) is 5. The van der Waals surface area contributed by atoms with Crippen molar-refractivity contribution in [2.45, 2.75) is 6.42 Å². The van der Waals surface area contributed by atoms with Crippen LogP contribution in [0.4, 0.5) is 4.39 Å². The van der Waals surface area contributed by atoms with Gasteiger partial charge in [0.1, 0.15) is 5.82 Å². The van der Waals surface area contributed by atoms with Crippen LogP contribution in [0.3, 0.4) is 0 Å². The van der Waals surface area contributed by atoms with Crippen molar-refractivity contribution in [2.75, 3.05) is 65.6 Å². The van der Waals surface area contributed by atoms with Gasteiger partial charge in [-0.3, -0.25) is 14.7 Å². The zero-order valence-corrected chi connectivity index (χ0v) is 14.0. The van der Waals surface area contributed by atoms with E-state index in [9.17, 15) is 9.18 Å². The number of hydrogen-bond donors (Lipinski definition) is 0. The first-order valence-electron chi connectivity index (χ1n) is 8.64. The Morgan fingerprint density at radius 1 is 1.04 bits per heavy atom. The van der Waals surface area contributed by atoms with Gasteiger partial charge in [-0.05, 0) is 19.0 Å². The molecule has 132 valence electrons. The Labute approximate surface area is 142 Å². The maximum absolute atomic E-state index is 13.3. The molecular weight excluding hydrogens is 311 g/mol. The fourth-order valence-corrected chi connectivity index (χ4v) is 3.22. The molecule has 2 fully saturated rings. The maximum atomic E-state index is 13.3. The van der Waals surface area contributed by atoms with E-state index in [-0.39, 0.29) is 5.91 Å². The van der Waals surface area contributed by atoms with Crippen LogP contribution in [0, 0.1) is 5.82 Å². The Morgan fingerprint density at radius 3 is 2.54 bits per heavy atom. The maximum Gasteiger partial charge on any atom is 0.255 e. The van der Waals surface area contributed by atoms with E-state index in [0.29, 0.717) is 18.7 Å². The van der Waals surface area contributed by atoms with Crippen molar-refractivity contribution in [1.29, 1.82) is 0 Å². The second kappa shape index (κ2) is 8.50. The standard InChI is InChI=1S/C17H25FN4O2/c18-16-12-15(13-19-14-16)17(23)22-3-1-2-20(6-7-22)4-5-21-8-10-24-11-9-21/h12-14H,1-11H2. The first-order chi connectivity index (χ1) is 11.7. The quantitative estimate of drug-likeness (QED) is 0.810. The molecule has 1 aromatic heterocycles. The number of amides is 1. The highest BCUT2D eigenvalue weighted by molar-refractivity contribution is 5.93. The van der Waals surface area contributed by atoms with Gasteiger partial charge in [0.05, 0.1) is 25.0 Å². The van der Waals surface area contributed by atoms with E-state index in [4.69, 9.17) is 4.74 Å². The molecule has 3 rings (SSSR count). The predicted octanol–water partition coefficient (Wildman–Crippen LogP) is 0.701. The van der Waals surface area contributed by atoms with Gasteiger partial charge in [-0.25, -0.2) is 4.39 Å². The van der Waals surface area contributed by atoms with Crippen molar-refractivity contribution in [3.05, 3.63) is 29.8 Å².